The van der Waals surface area contributed by atoms with E-state index in [2.05, 4.69) is 5.10 Å². The van der Waals surface area contributed by atoms with Crippen LogP contribution in [-0.2, 0) is 4.79 Å². The molecular formula is C18H26F5N5O. The fourth-order valence-electron chi connectivity index (χ4n) is 3.39. The first-order valence-corrected chi connectivity index (χ1v) is 9.32. The molecule has 2 heterocycles. The molecule has 0 aromatic heterocycles. The monoisotopic (exact) mass is 423 g/mol. The van der Waals surface area contributed by atoms with Crippen LogP contribution in [0, 0.1) is 0 Å². The molecule has 2 aliphatic rings. The molecule has 2 N–H and O–H groups in total. The lowest BCUT2D eigenvalue weighted by molar-refractivity contribution is -0.205. The summed E-state index contributed by atoms with van der Waals surface area (Å²) in [6, 6.07) is -0.752. The summed E-state index contributed by atoms with van der Waals surface area (Å²) in [6.45, 7) is 2.81. The van der Waals surface area contributed by atoms with Crippen molar-refractivity contribution >= 4 is 11.7 Å². The van der Waals surface area contributed by atoms with Crippen LogP contribution in [0.25, 0.3) is 0 Å². The highest BCUT2D eigenvalue weighted by Crippen LogP contribution is 2.32. The fourth-order valence-corrected chi connectivity index (χ4v) is 3.39. The molecule has 0 spiro atoms. The van der Waals surface area contributed by atoms with Crippen molar-refractivity contribution in [2.24, 2.45) is 10.8 Å². The van der Waals surface area contributed by atoms with E-state index in [-0.39, 0.29) is 56.2 Å². The first kappa shape index (κ1) is 23.1. The molecule has 164 valence electrons. The zero-order valence-electron chi connectivity index (χ0n) is 16.6. The molecule has 11 heteroatoms. The minimum atomic E-state index is -4.47. The summed E-state index contributed by atoms with van der Waals surface area (Å²) in [7, 11) is 1.24. The molecule has 0 aromatic carbocycles. The highest BCUT2D eigenvalue weighted by Gasteiger charge is 2.52. The van der Waals surface area contributed by atoms with Crippen molar-refractivity contribution in [2.45, 2.75) is 51.5 Å². The van der Waals surface area contributed by atoms with Crippen molar-refractivity contribution in [3.63, 3.8) is 0 Å². The lowest BCUT2D eigenvalue weighted by atomic mass is 10.0. The number of hydrogen-bond acceptors (Lipinski definition) is 5. The number of piperazine rings is 1. The fraction of sp³-hybridized carbons (Fsp3) is 0.667. The second kappa shape index (κ2) is 9.10. The molecule has 29 heavy (non-hydrogen) atoms. The van der Waals surface area contributed by atoms with Gasteiger partial charge in [-0.2, -0.15) is 18.3 Å². The van der Waals surface area contributed by atoms with Crippen LogP contribution in [0.2, 0.25) is 0 Å². The summed E-state index contributed by atoms with van der Waals surface area (Å²) in [6.07, 6.45) is -5.27. The zero-order valence-corrected chi connectivity index (χ0v) is 16.6. The summed E-state index contributed by atoms with van der Waals surface area (Å²) >= 11 is 0. The van der Waals surface area contributed by atoms with E-state index < -0.39 is 30.0 Å². The number of halogens is 5. The van der Waals surface area contributed by atoms with Crippen LogP contribution in [0.1, 0.15) is 33.1 Å². The molecule has 0 bridgehead atoms. The Kier molecular flexibility index (Phi) is 7.25. The summed E-state index contributed by atoms with van der Waals surface area (Å²) in [4.78, 5) is 15.0. The molecule has 2 atom stereocenters. The molecule has 1 fully saturated rings. The number of nitrogens with zero attached hydrogens (tertiary/aromatic N) is 4. The Hall–Kier alpha value is -2.17. The van der Waals surface area contributed by atoms with Gasteiger partial charge in [-0.3, -0.25) is 9.80 Å². The Morgan fingerprint density at radius 2 is 1.97 bits per heavy atom. The third-order valence-corrected chi connectivity index (χ3v) is 4.87. The molecular weight excluding hydrogens is 397 g/mol. The average molecular weight is 423 g/mol. The van der Waals surface area contributed by atoms with E-state index >= 15 is 0 Å². The van der Waals surface area contributed by atoms with Crippen LogP contribution >= 0.6 is 0 Å². The summed E-state index contributed by atoms with van der Waals surface area (Å²) in [5.41, 5.74) is 6.03. The van der Waals surface area contributed by atoms with Gasteiger partial charge in [0.05, 0.1) is 12.4 Å². The number of hydrogen-bond donors (Lipinski definition) is 1. The number of carbonyl (C=O) groups is 1. The van der Waals surface area contributed by atoms with Crippen molar-refractivity contribution < 1.29 is 26.7 Å². The second-order valence-corrected chi connectivity index (χ2v) is 7.19. The Morgan fingerprint density at radius 1 is 1.31 bits per heavy atom. The first-order valence-electron chi connectivity index (χ1n) is 9.32. The first-order chi connectivity index (χ1) is 13.4. The van der Waals surface area contributed by atoms with Crippen LogP contribution in [0.3, 0.4) is 0 Å². The maximum absolute atomic E-state index is 13.6. The Bertz CT molecular complexity index is 714. The normalized spacial score (nSPS) is 22.4. The van der Waals surface area contributed by atoms with Crippen molar-refractivity contribution in [3.05, 3.63) is 23.3 Å². The van der Waals surface area contributed by atoms with E-state index in [1.165, 1.54) is 18.9 Å². The molecule has 2 unspecified atom stereocenters. The van der Waals surface area contributed by atoms with Crippen LogP contribution < -0.4 is 5.73 Å². The summed E-state index contributed by atoms with van der Waals surface area (Å²) in [5.74, 6) is -1.27. The minimum Gasteiger partial charge on any atom is -0.333 e. The molecule has 1 saturated heterocycles. The van der Waals surface area contributed by atoms with Crippen molar-refractivity contribution in [1.29, 1.82) is 0 Å². The van der Waals surface area contributed by atoms with Gasteiger partial charge < -0.3 is 15.5 Å². The van der Waals surface area contributed by atoms with Crippen molar-refractivity contribution in [1.82, 2.24) is 14.8 Å². The van der Waals surface area contributed by atoms with E-state index in [9.17, 15) is 26.7 Å². The van der Waals surface area contributed by atoms with Crippen LogP contribution in [0.4, 0.5) is 22.0 Å². The van der Waals surface area contributed by atoms with E-state index in [0.29, 0.717) is 0 Å². The molecule has 0 radical (unpaired) electrons. The number of alkyl halides is 3. The second-order valence-electron chi connectivity index (χ2n) is 7.19. The average Bonchev–Trinajstić information content (AvgIpc) is 2.95. The van der Waals surface area contributed by atoms with Gasteiger partial charge in [-0.15, -0.1) is 0 Å². The van der Waals surface area contributed by atoms with Crippen LogP contribution in [-0.4, -0.2) is 71.6 Å². The highest BCUT2D eigenvalue weighted by molar-refractivity contribution is 5.90. The smallest absolute Gasteiger partial charge is 0.333 e. The molecule has 1 amide bonds. The van der Waals surface area contributed by atoms with Gasteiger partial charge in [0.15, 0.2) is 0 Å². The Balaban J connectivity index is 1.97. The van der Waals surface area contributed by atoms with E-state index in [0.717, 1.165) is 16.0 Å². The third-order valence-electron chi connectivity index (χ3n) is 4.87. The number of nitrogens with two attached hydrogens (primary N) is 1. The molecule has 2 aliphatic heterocycles. The number of fused-ring (bicyclic) bond motifs is 1. The van der Waals surface area contributed by atoms with Gasteiger partial charge >= 0.3 is 6.18 Å². The molecule has 2 rings (SSSR count). The Morgan fingerprint density at radius 3 is 2.52 bits per heavy atom. The van der Waals surface area contributed by atoms with Gasteiger partial charge in [0, 0.05) is 32.6 Å². The zero-order chi connectivity index (χ0) is 21.9. The van der Waals surface area contributed by atoms with Crippen LogP contribution in [0.15, 0.2) is 28.4 Å². The molecule has 0 saturated carbocycles. The summed E-state index contributed by atoms with van der Waals surface area (Å²) < 4.78 is 66.7. The number of amidine groups is 1. The van der Waals surface area contributed by atoms with Gasteiger partial charge in [-0.25, -0.2) is 8.78 Å². The highest BCUT2D eigenvalue weighted by atomic mass is 19.4. The lowest BCUT2D eigenvalue weighted by Crippen LogP contribution is -2.58. The Labute approximate surface area is 166 Å². The van der Waals surface area contributed by atoms with E-state index in [1.54, 1.807) is 6.92 Å². The number of hydrazone groups is 1. The number of allylic oxidation sites excluding steroid dienone is 3. The van der Waals surface area contributed by atoms with E-state index in [4.69, 9.17) is 5.73 Å². The van der Waals surface area contributed by atoms with E-state index in [1.807, 2.05) is 0 Å². The summed E-state index contributed by atoms with van der Waals surface area (Å²) in [5, 5.41) is 4.75. The predicted octanol–water partition coefficient (Wildman–Crippen LogP) is 2.89. The standard InChI is InChI=1S/C18H26F5N5O/c1-4-13(20)7-12(11(2)19)8-14(24)9-16(29)27-5-6-28-15(10-27)25-26(3)17(28)18(21,22)23/h7,14,17H,4-6,8-10,24H2,1-3H3. The maximum atomic E-state index is 13.6. The van der Waals surface area contributed by atoms with Gasteiger partial charge in [-0.1, -0.05) is 6.92 Å². The van der Waals surface area contributed by atoms with Gasteiger partial charge in [0.1, 0.15) is 11.7 Å². The quantitative estimate of drug-likeness (QED) is 0.527. The number of rotatable bonds is 6. The molecule has 0 aliphatic carbocycles. The number of carbonyl (C=O) groups excluding carboxylic acids is 1. The largest absolute Gasteiger partial charge is 0.429 e. The number of amides is 1. The van der Waals surface area contributed by atoms with Gasteiger partial charge in [0.25, 0.3) is 0 Å². The van der Waals surface area contributed by atoms with Crippen molar-refractivity contribution in [2.75, 3.05) is 26.7 Å². The van der Waals surface area contributed by atoms with Gasteiger partial charge in [0.2, 0.25) is 12.1 Å². The van der Waals surface area contributed by atoms with Crippen molar-refractivity contribution in [3.8, 4) is 0 Å². The van der Waals surface area contributed by atoms with Crippen LogP contribution in [0.5, 0.6) is 0 Å². The van der Waals surface area contributed by atoms with Gasteiger partial charge in [-0.05, 0) is 31.4 Å². The topological polar surface area (TPSA) is 65.2 Å². The SMILES string of the molecule is CCC(F)=CC(CC(N)CC(=O)N1CCN2C(=NN(C)C2C(F)(F)F)C1)=C(C)F. The minimum absolute atomic E-state index is 0.00643. The predicted molar refractivity (Wildman–Crippen MR) is 98.8 cm³/mol. The third kappa shape index (κ3) is 5.68. The maximum Gasteiger partial charge on any atom is 0.429 e. The lowest BCUT2D eigenvalue weighted by Gasteiger charge is -2.38. The molecule has 0 aromatic rings. The molecule has 6 nitrogen and oxygen atoms in total.